The van der Waals surface area contributed by atoms with Crippen LogP contribution >= 0.6 is 0 Å². The van der Waals surface area contributed by atoms with Crippen molar-refractivity contribution in [3.05, 3.63) is 48.5 Å². The monoisotopic (exact) mass is 428 g/mol. The Labute approximate surface area is 181 Å². The molecule has 12 nitrogen and oxygen atoms in total. The van der Waals surface area contributed by atoms with Crippen molar-refractivity contribution in [3.63, 3.8) is 0 Å². The molecule has 158 valence electrons. The summed E-state index contributed by atoms with van der Waals surface area (Å²) in [4.78, 5) is 9.75. The van der Waals surface area contributed by atoms with E-state index in [1.54, 1.807) is 14.2 Å². The number of H-pyrrole nitrogens is 2. The predicted octanol–water partition coefficient (Wildman–Crippen LogP) is 2.19. The molecular weight excluding hydrogens is 412 g/mol. The number of nitrogens with one attached hydrogen (secondary N) is 2. The Morgan fingerprint density at radius 3 is 1.28 bits per heavy atom. The Bertz CT molecular complexity index is 1210. The summed E-state index contributed by atoms with van der Waals surface area (Å²) in [6, 6.07) is 15.1. The van der Waals surface area contributed by atoms with Crippen molar-refractivity contribution in [2.75, 3.05) is 14.2 Å². The summed E-state index contributed by atoms with van der Waals surface area (Å²) in [5.74, 6) is 1.98. The van der Waals surface area contributed by atoms with Crippen molar-refractivity contribution in [1.82, 2.24) is 51.2 Å². The van der Waals surface area contributed by atoms with E-state index in [4.69, 9.17) is 19.4 Å². The number of nitrogens with zero attached hydrogens (tertiary/aromatic N) is 8. The first kappa shape index (κ1) is 19.2. The highest BCUT2D eigenvalue weighted by atomic mass is 16.5. The van der Waals surface area contributed by atoms with Gasteiger partial charge in [-0.05, 0) is 59.0 Å². The summed E-state index contributed by atoms with van der Waals surface area (Å²) in [6.45, 7) is 0. The van der Waals surface area contributed by atoms with Crippen molar-refractivity contribution < 1.29 is 9.47 Å². The van der Waals surface area contributed by atoms with Crippen LogP contribution in [0, 0.1) is 0 Å². The number of ether oxygens (including phenoxy) is 2. The summed E-state index contributed by atoms with van der Waals surface area (Å²) in [5.41, 5.74) is 3.61. The number of tetrazole rings is 2. The summed E-state index contributed by atoms with van der Waals surface area (Å²) < 4.78 is 10.6. The number of aromatic nitrogens is 10. The Balaban J connectivity index is 1.78. The second-order valence-electron chi connectivity index (χ2n) is 6.55. The van der Waals surface area contributed by atoms with Gasteiger partial charge >= 0.3 is 0 Å². The Hall–Kier alpha value is -4.74. The maximum Gasteiger partial charge on any atom is 0.225 e. The van der Waals surface area contributed by atoms with E-state index >= 15 is 0 Å². The SMILES string of the molecule is COc1ccc(-c2nc(-c3nn[nH]n3)c(-c3nn[nH]n3)nc2-c2ccc(OC)cc2)cc1. The molecule has 32 heavy (non-hydrogen) atoms. The van der Waals surface area contributed by atoms with Crippen LogP contribution in [0.5, 0.6) is 11.5 Å². The zero-order valence-corrected chi connectivity index (χ0v) is 17.0. The van der Waals surface area contributed by atoms with Gasteiger partial charge in [-0.25, -0.2) is 9.97 Å². The molecule has 0 aliphatic rings. The van der Waals surface area contributed by atoms with Crippen LogP contribution in [-0.4, -0.2) is 65.4 Å². The zero-order chi connectivity index (χ0) is 21.9. The molecular formula is C20H16N10O2. The molecule has 5 rings (SSSR count). The molecule has 0 fully saturated rings. The maximum atomic E-state index is 5.29. The highest BCUT2D eigenvalue weighted by Crippen LogP contribution is 2.35. The van der Waals surface area contributed by atoms with Crippen LogP contribution in [0.4, 0.5) is 0 Å². The quantitative estimate of drug-likeness (QED) is 0.411. The number of hydrogen-bond donors (Lipinski definition) is 2. The van der Waals surface area contributed by atoms with E-state index in [1.165, 1.54) is 0 Å². The van der Waals surface area contributed by atoms with Gasteiger partial charge in [-0.15, -0.1) is 20.4 Å². The van der Waals surface area contributed by atoms with E-state index < -0.39 is 0 Å². The van der Waals surface area contributed by atoms with Crippen LogP contribution in [0.3, 0.4) is 0 Å². The molecule has 0 aliphatic heterocycles. The van der Waals surface area contributed by atoms with Gasteiger partial charge in [0.1, 0.15) is 22.9 Å². The molecule has 0 aliphatic carbocycles. The van der Waals surface area contributed by atoms with E-state index in [2.05, 4.69) is 41.2 Å². The lowest BCUT2D eigenvalue weighted by molar-refractivity contribution is 0.414. The molecule has 0 radical (unpaired) electrons. The summed E-state index contributed by atoms with van der Waals surface area (Å²) in [5, 5.41) is 28.5. The van der Waals surface area contributed by atoms with Gasteiger partial charge in [0.25, 0.3) is 0 Å². The van der Waals surface area contributed by atoms with Crippen LogP contribution < -0.4 is 9.47 Å². The lowest BCUT2D eigenvalue weighted by Gasteiger charge is -2.13. The Kier molecular flexibility index (Phi) is 4.92. The molecule has 0 spiro atoms. The standard InChI is InChI=1S/C20H16N10O2/c1-31-13-7-3-11(4-8-13)15-16(12-5-9-14(32-2)10-6-12)22-18(20-25-29-30-26-20)17(21-15)19-23-27-28-24-19/h3-10H,1-2H3,(H,23,24,27,28)(H,25,26,29,30). The average Bonchev–Trinajstić information content (AvgIpc) is 3.58. The minimum atomic E-state index is 0.258. The fraction of sp³-hybridized carbons (Fsp3) is 0.100. The van der Waals surface area contributed by atoms with Gasteiger partial charge in [-0.3, -0.25) is 0 Å². The second kappa shape index (κ2) is 8.18. The molecule has 0 saturated carbocycles. The molecule has 2 aromatic carbocycles. The molecule has 0 unspecified atom stereocenters. The fourth-order valence-corrected chi connectivity index (χ4v) is 3.17. The highest BCUT2D eigenvalue weighted by Gasteiger charge is 2.23. The molecule has 3 aromatic heterocycles. The summed E-state index contributed by atoms with van der Waals surface area (Å²) in [6.07, 6.45) is 0. The first-order chi connectivity index (χ1) is 15.8. The van der Waals surface area contributed by atoms with E-state index in [0.29, 0.717) is 22.8 Å². The third-order valence-corrected chi connectivity index (χ3v) is 4.74. The third kappa shape index (κ3) is 3.49. The molecule has 2 N–H and O–H groups in total. The smallest absolute Gasteiger partial charge is 0.225 e. The molecule has 12 heteroatoms. The van der Waals surface area contributed by atoms with Gasteiger partial charge in [0.2, 0.25) is 11.6 Å². The fourth-order valence-electron chi connectivity index (χ4n) is 3.17. The Morgan fingerprint density at radius 2 is 0.969 bits per heavy atom. The van der Waals surface area contributed by atoms with Crippen LogP contribution in [0.25, 0.3) is 45.6 Å². The van der Waals surface area contributed by atoms with Gasteiger partial charge in [-0.2, -0.15) is 10.4 Å². The molecule has 0 atom stereocenters. The average molecular weight is 428 g/mol. The number of benzene rings is 2. The van der Waals surface area contributed by atoms with Gasteiger partial charge in [0.15, 0.2) is 0 Å². The maximum absolute atomic E-state index is 5.29. The van der Waals surface area contributed by atoms with E-state index in [-0.39, 0.29) is 11.6 Å². The topological polar surface area (TPSA) is 153 Å². The van der Waals surface area contributed by atoms with Crippen LogP contribution in [0.1, 0.15) is 0 Å². The van der Waals surface area contributed by atoms with Gasteiger partial charge in [0.05, 0.1) is 25.6 Å². The summed E-state index contributed by atoms with van der Waals surface area (Å²) in [7, 11) is 3.23. The van der Waals surface area contributed by atoms with Gasteiger partial charge in [-0.1, -0.05) is 0 Å². The lowest BCUT2D eigenvalue weighted by Crippen LogP contribution is -2.02. The number of methoxy groups -OCH3 is 2. The van der Waals surface area contributed by atoms with E-state index in [9.17, 15) is 0 Å². The predicted molar refractivity (Wildman–Crippen MR) is 112 cm³/mol. The minimum absolute atomic E-state index is 0.258. The normalized spacial score (nSPS) is 10.8. The van der Waals surface area contributed by atoms with E-state index in [0.717, 1.165) is 22.6 Å². The zero-order valence-electron chi connectivity index (χ0n) is 17.0. The van der Waals surface area contributed by atoms with E-state index in [1.807, 2.05) is 48.5 Å². The van der Waals surface area contributed by atoms with Crippen molar-refractivity contribution in [3.8, 4) is 57.1 Å². The van der Waals surface area contributed by atoms with Crippen LogP contribution in [-0.2, 0) is 0 Å². The van der Waals surface area contributed by atoms with Crippen LogP contribution in [0.15, 0.2) is 48.5 Å². The van der Waals surface area contributed by atoms with Gasteiger partial charge in [0, 0.05) is 11.1 Å². The summed E-state index contributed by atoms with van der Waals surface area (Å²) >= 11 is 0. The number of aromatic amines is 2. The second-order valence-corrected chi connectivity index (χ2v) is 6.55. The van der Waals surface area contributed by atoms with Crippen molar-refractivity contribution in [1.29, 1.82) is 0 Å². The minimum Gasteiger partial charge on any atom is -0.497 e. The third-order valence-electron chi connectivity index (χ3n) is 4.74. The van der Waals surface area contributed by atoms with Crippen LogP contribution in [0.2, 0.25) is 0 Å². The first-order valence-corrected chi connectivity index (χ1v) is 9.45. The molecule has 0 bridgehead atoms. The molecule has 3 heterocycles. The highest BCUT2D eigenvalue weighted by molar-refractivity contribution is 5.83. The number of rotatable bonds is 6. The molecule has 5 aromatic rings. The van der Waals surface area contributed by atoms with Gasteiger partial charge < -0.3 is 9.47 Å². The number of hydrogen-bond acceptors (Lipinski definition) is 10. The molecule has 0 saturated heterocycles. The van der Waals surface area contributed by atoms with Crippen molar-refractivity contribution in [2.45, 2.75) is 0 Å². The largest absolute Gasteiger partial charge is 0.497 e. The molecule has 0 amide bonds. The van der Waals surface area contributed by atoms with Crippen molar-refractivity contribution >= 4 is 0 Å². The van der Waals surface area contributed by atoms with Crippen molar-refractivity contribution in [2.24, 2.45) is 0 Å². The lowest BCUT2D eigenvalue weighted by atomic mass is 10.0. The Morgan fingerprint density at radius 1 is 0.562 bits per heavy atom. The first-order valence-electron chi connectivity index (χ1n) is 9.45.